The van der Waals surface area contributed by atoms with Gasteiger partial charge in [-0.25, -0.2) is 0 Å². The van der Waals surface area contributed by atoms with E-state index >= 15 is 0 Å². The zero-order valence-electron chi connectivity index (χ0n) is 7.59. The van der Waals surface area contributed by atoms with Gasteiger partial charge in [-0.15, -0.1) is 0 Å². The molecule has 0 heterocycles. The van der Waals surface area contributed by atoms with Crippen LogP contribution in [0, 0.1) is 6.92 Å². The highest BCUT2D eigenvalue weighted by Gasteiger charge is 2.02. The Morgan fingerprint density at radius 1 is 1.50 bits per heavy atom. The Kier molecular flexibility index (Phi) is 2.54. The van der Waals surface area contributed by atoms with Crippen molar-refractivity contribution >= 4 is 6.08 Å². The van der Waals surface area contributed by atoms with Crippen molar-refractivity contribution in [1.29, 1.82) is 0 Å². The highest BCUT2D eigenvalue weighted by molar-refractivity contribution is 5.58. The van der Waals surface area contributed by atoms with Gasteiger partial charge in [0.25, 0.3) is 0 Å². The standard InChI is InChI=1S/C11H14O/c1-4-9-7-10(12)6-8(3)11(9)5-2/h5-7,12H,2,4H2,1,3H3. The van der Waals surface area contributed by atoms with E-state index in [0.717, 1.165) is 23.1 Å². The Balaban J connectivity index is 3.33. The Hall–Kier alpha value is -1.24. The number of aryl methyl sites for hydroxylation is 2. The third kappa shape index (κ3) is 1.50. The summed E-state index contributed by atoms with van der Waals surface area (Å²) in [5, 5.41) is 9.31. The lowest BCUT2D eigenvalue weighted by molar-refractivity contribution is 0.474. The highest BCUT2D eigenvalue weighted by Crippen LogP contribution is 2.22. The van der Waals surface area contributed by atoms with Gasteiger partial charge in [-0.1, -0.05) is 19.6 Å². The zero-order chi connectivity index (χ0) is 9.14. The van der Waals surface area contributed by atoms with E-state index in [4.69, 9.17) is 0 Å². The fourth-order valence-electron chi connectivity index (χ4n) is 1.44. The van der Waals surface area contributed by atoms with Gasteiger partial charge in [-0.2, -0.15) is 0 Å². The lowest BCUT2D eigenvalue weighted by Gasteiger charge is -2.07. The summed E-state index contributed by atoms with van der Waals surface area (Å²) in [5.74, 6) is 0.343. The van der Waals surface area contributed by atoms with Gasteiger partial charge in [-0.3, -0.25) is 0 Å². The number of hydrogen-bond donors (Lipinski definition) is 1. The molecule has 1 N–H and O–H groups in total. The van der Waals surface area contributed by atoms with Crippen LogP contribution in [0.1, 0.15) is 23.6 Å². The molecule has 0 aliphatic carbocycles. The predicted molar refractivity (Wildman–Crippen MR) is 52.3 cm³/mol. The number of phenols is 1. The normalized spacial score (nSPS) is 9.83. The number of benzene rings is 1. The van der Waals surface area contributed by atoms with E-state index in [1.807, 2.05) is 13.0 Å². The van der Waals surface area contributed by atoms with E-state index in [1.165, 1.54) is 0 Å². The van der Waals surface area contributed by atoms with Crippen LogP contribution in [0.2, 0.25) is 0 Å². The largest absolute Gasteiger partial charge is 0.508 e. The lowest BCUT2D eigenvalue weighted by Crippen LogP contribution is -1.89. The summed E-state index contributed by atoms with van der Waals surface area (Å²) < 4.78 is 0. The molecule has 12 heavy (non-hydrogen) atoms. The summed E-state index contributed by atoms with van der Waals surface area (Å²) in [4.78, 5) is 0. The molecule has 1 nitrogen and oxygen atoms in total. The molecule has 0 bridgehead atoms. The molecule has 0 unspecified atom stereocenters. The van der Waals surface area contributed by atoms with Crippen LogP contribution >= 0.6 is 0 Å². The Labute approximate surface area is 73.4 Å². The van der Waals surface area contributed by atoms with Crippen molar-refractivity contribution in [3.8, 4) is 5.75 Å². The van der Waals surface area contributed by atoms with Crippen LogP contribution in [-0.4, -0.2) is 5.11 Å². The molecule has 0 aliphatic heterocycles. The second-order valence-corrected chi connectivity index (χ2v) is 2.89. The molecule has 0 aromatic heterocycles. The fraction of sp³-hybridized carbons (Fsp3) is 0.273. The third-order valence-electron chi connectivity index (χ3n) is 2.04. The molecule has 0 amide bonds. The molecule has 64 valence electrons. The molecule has 0 saturated heterocycles. The number of hydrogen-bond acceptors (Lipinski definition) is 1. The fourth-order valence-corrected chi connectivity index (χ4v) is 1.44. The van der Waals surface area contributed by atoms with Gasteiger partial charge in [-0.05, 0) is 42.2 Å². The van der Waals surface area contributed by atoms with Gasteiger partial charge >= 0.3 is 0 Å². The summed E-state index contributed by atoms with van der Waals surface area (Å²) in [6.45, 7) is 7.80. The molecule has 0 atom stereocenters. The topological polar surface area (TPSA) is 20.2 Å². The van der Waals surface area contributed by atoms with E-state index in [1.54, 1.807) is 12.1 Å². The third-order valence-corrected chi connectivity index (χ3v) is 2.04. The number of rotatable bonds is 2. The van der Waals surface area contributed by atoms with Crippen LogP contribution in [0.5, 0.6) is 5.75 Å². The van der Waals surface area contributed by atoms with E-state index in [0.29, 0.717) is 5.75 Å². The van der Waals surface area contributed by atoms with Gasteiger partial charge in [0.1, 0.15) is 5.75 Å². The zero-order valence-corrected chi connectivity index (χ0v) is 7.59. The van der Waals surface area contributed by atoms with E-state index < -0.39 is 0 Å². The van der Waals surface area contributed by atoms with Crippen molar-refractivity contribution < 1.29 is 5.11 Å². The van der Waals surface area contributed by atoms with Gasteiger partial charge in [0.05, 0.1) is 0 Å². The van der Waals surface area contributed by atoms with Gasteiger partial charge in [0.2, 0.25) is 0 Å². The van der Waals surface area contributed by atoms with E-state index in [2.05, 4.69) is 13.5 Å². The summed E-state index contributed by atoms with van der Waals surface area (Å²) in [7, 11) is 0. The summed E-state index contributed by atoms with van der Waals surface area (Å²) in [5.41, 5.74) is 3.39. The first kappa shape index (κ1) is 8.85. The smallest absolute Gasteiger partial charge is 0.116 e. The van der Waals surface area contributed by atoms with Crippen LogP contribution in [0.4, 0.5) is 0 Å². The highest BCUT2D eigenvalue weighted by atomic mass is 16.3. The number of phenolic OH excluding ortho intramolecular Hbond substituents is 1. The summed E-state index contributed by atoms with van der Waals surface area (Å²) >= 11 is 0. The van der Waals surface area contributed by atoms with Crippen LogP contribution in [0.3, 0.4) is 0 Å². The van der Waals surface area contributed by atoms with Crippen LogP contribution in [0.25, 0.3) is 6.08 Å². The molecule has 1 aromatic rings. The first-order valence-corrected chi connectivity index (χ1v) is 4.14. The predicted octanol–water partition coefficient (Wildman–Crippen LogP) is 2.91. The van der Waals surface area contributed by atoms with Crippen molar-refractivity contribution in [1.82, 2.24) is 0 Å². The SMILES string of the molecule is C=Cc1c(C)cc(O)cc1CC. The minimum atomic E-state index is 0.343. The molecule has 0 fully saturated rings. The van der Waals surface area contributed by atoms with Crippen molar-refractivity contribution in [2.45, 2.75) is 20.3 Å². The first-order chi connectivity index (χ1) is 5.69. The molecular weight excluding hydrogens is 148 g/mol. The van der Waals surface area contributed by atoms with Crippen LogP contribution in [0.15, 0.2) is 18.7 Å². The van der Waals surface area contributed by atoms with Crippen LogP contribution < -0.4 is 0 Å². The quantitative estimate of drug-likeness (QED) is 0.709. The molecule has 1 rings (SSSR count). The van der Waals surface area contributed by atoms with Gasteiger partial charge in [0, 0.05) is 0 Å². The average molecular weight is 162 g/mol. The maximum atomic E-state index is 9.31. The van der Waals surface area contributed by atoms with Crippen molar-refractivity contribution in [2.75, 3.05) is 0 Å². The summed E-state index contributed by atoms with van der Waals surface area (Å²) in [6.07, 6.45) is 2.77. The summed E-state index contributed by atoms with van der Waals surface area (Å²) in [6, 6.07) is 3.56. The lowest BCUT2D eigenvalue weighted by atomic mass is 10.00. The maximum Gasteiger partial charge on any atom is 0.116 e. The molecule has 1 heteroatoms. The average Bonchev–Trinajstić information content (AvgIpc) is 2.03. The van der Waals surface area contributed by atoms with Crippen molar-refractivity contribution in [2.24, 2.45) is 0 Å². The minimum Gasteiger partial charge on any atom is -0.508 e. The second kappa shape index (κ2) is 3.44. The Bertz CT molecular complexity index is 300. The Morgan fingerprint density at radius 3 is 2.67 bits per heavy atom. The molecule has 0 aliphatic rings. The van der Waals surface area contributed by atoms with Crippen molar-refractivity contribution in [3.05, 3.63) is 35.4 Å². The minimum absolute atomic E-state index is 0.343. The van der Waals surface area contributed by atoms with E-state index in [9.17, 15) is 5.11 Å². The Morgan fingerprint density at radius 2 is 2.17 bits per heavy atom. The molecule has 0 saturated carbocycles. The second-order valence-electron chi connectivity index (χ2n) is 2.89. The van der Waals surface area contributed by atoms with Crippen LogP contribution in [-0.2, 0) is 6.42 Å². The van der Waals surface area contributed by atoms with Crippen molar-refractivity contribution in [3.63, 3.8) is 0 Å². The van der Waals surface area contributed by atoms with E-state index in [-0.39, 0.29) is 0 Å². The molecular formula is C11H14O. The molecule has 1 aromatic carbocycles. The molecule has 0 spiro atoms. The first-order valence-electron chi connectivity index (χ1n) is 4.14. The van der Waals surface area contributed by atoms with Gasteiger partial charge < -0.3 is 5.11 Å². The maximum absolute atomic E-state index is 9.31. The number of aromatic hydroxyl groups is 1. The monoisotopic (exact) mass is 162 g/mol. The molecule has 0 radical (unpaired) electrons. The van der Waals surface area contributed by atoms with Gasteiger partial charge in [0.15, 0.2) is 0 Å².